The molecule has 2 nitrogen and oxygen atoms in total. The largest absolute Gasteiger partial charge is 0.382 e. The zero-order valence-corrected chi connectivity index (χ0v) is 9.38. The highest BCUT2D eigenvalue weighted by Gasteiger charge is 2.12. The number of benzene rings is 1. The Balaban J connectivity index is 2.52. The molecule has 0 saturated heterocycles. The van der Waals surface area contributed by atoms with Crippen molar-refractivity contribution in [2.75, 3.05) is 13.2 Å². The monoisotopic (exact) mass is 229 g/mol. The summed E-state index contributed by atoms with van der Waals surface area (Å²) in [4.78, 5) is 0. The second-order valence-electron chi connectivity index (χ2n) is 3.65. The van der Waals surface area contributed by atoms with Crippen molar-refractivity contribution in [2.24, 2.45) is 5.73 Å². The third-order valence-corrected chi connectivity index (χ3v) is 2.37. The molecule has 0 fully saturated rings. The predicted molar refractivity (Wildman–Crippen MR) is 59.1 cm³/mol. The molecule has 4 heteroatoms. The Hall–Kier alpha value is -1.00. The maximum atomic E-state index is 13.3. The Bertz CT molecular complexity index is 311. The Morgan fingerprint density at radius 1 is 1.31 bits per heavy atom. The zero-order chi connectivity index (χ0) is 12.0. The van der Waals surface area contributed by atoms with Gasteiger partial charge in [-0.15, -0.1) is 0 Å². The molecule has 0 saturated carbocycles. The first kappa shape index (κ1) is 13.1. The molecule has 0 spiro atoms. The normalized spacial score (nSPS) is 12.8. The van der Waals surface area contributed by atoms with Crippen LogP contribution in [-0.2, 0) is 11.2 Å². The van der Waals surface area contributed by atoms with Crippen LogP contribution >= 0.6 is 0 Å². The zero-order valence-electron chi connectivity index (χ0n) is 9.38. The molecule has 90 valence electrons. The quantitative estimate of drug-likeness (QED) is 0.759. The van der Waals surface area contributed by atoms with Crippen LogP contribution in [-0.4, -0.2) is 19.3 Å². The lowest BCUT2D eigenvalue weighted by molar-refractivity contribution is 0.139. The van der Waals surface area contributed by atoms with Crippen LogP contribution in [0.2, 0.25) is 0 Å². The molecule has 1 rings (SSSR count). The van der Waals surface area contributed by atoms with Crippen molar-refractivity contribution >= 4 is 0 Å². The van der Waals surface area contributed by atoms with Gasteiger partial charge in [-0.1, -0.05) is 6.07 Å². The summed E-state index contributed by atoms with van der Waals surface area (Å²) < 4.78 is 31.7. The standard InChI is InChI=1S/C12H17F2NO/c1-2-16-7-6-9(15)8-10-11(13)4-3-5-12(10)14/h3-5,9H,2,6-8,15H2,1H3. The molecule has 1 atom stereocenters. The number of rotatable bonds is 6. The number of nitrogens with two attached hydrogens (primary N) is 1. The number of hydrogen-bond acceptors (Lipinski definition) is 2. The van der Waals surface area contributed by atoms with Gasteiger partial charge in [-0.3, -0.25) is 0 Å². The first-order valence-electron chi connectivity index (χ1n) is 5.41. The summed E-state index contributed by atoms with van der Waals surface area (Å²) in [5.74, 6) is -1.07. The molecule has 0 aliphatic carbocycles. The summed E-state index contributed by atoms with van der Waals surface area (Å²) in [7, 11) is 0. The molecule has 16 heavy (non-hydrogen) atoms. The van der Waals surface area contributed by atoms with E-state index in [9.17, 15) is 8.78 Å². The van der Waals surface area contributed by atoms with E-state index in [2.05, 4.69) is 0 Å². The van der Waals surface area contributed by atoms with Gasteiger partial charge in [0.15, 0.2) is 0 Å². The Labute approximate surface area is 94.4 Å². The molecule has 2 N–H and O–H groups in total. The van der Waals surface area contributed by atoms with Crippen molar-refractivity contribution in [3.05, 3.63) is 35.4 Å². The summed E-state index contributed by atoms with van der Waals surface area (Å²) >= 11 is 0. The van der Waals surface area contributed by atoms with Crippen molar-refractivity contribution in [3.8, 4) is 0 Å². The number of hydrogen-bond donors (Lipinski definition) is 1. The minimum atomic E-state index is -0.535. The van der Waals surface area contributed by atoms with Gasteiger partial charge in [0.25, 0.3) is 0 Å². The van der Waals surface area contributed by atoms with Crippen molar-refractivity contribution in [1.29, 1.82) is 0 Å². The topological polar surface area (TPSA) is 35.2 Å². The average Bonchev–Trinajstić information content (AvgIpc) is 2.24. The van der Waals surface area contributed by atoms with Crippen molar-refractivity contribution < 1.29 is 13.5 Å². The molecule has 0 bridgehead atoms. The Morgan fingerprint density at radius 2 is 1.94 bits per heavy atom. The molecule has 0 aliphatic heterocycles. The van der Waals surface area contributed by atoms with Crippen LogP contribution in [0.4, 0.5) is 8.78 Å². The third kappa shape index (κ3) is 3.87. The van der Waals surface area contributed by atoms with Gasteiger partial charge in [-0.2, -0.15) is 0 Å². The molecule has 0 amide bonds. The minimum absolute atomic E-state index is 0.0616. The fraction of sp³-hybridized carbons (Fsp3) is 0.500. The van der Waals surface area contributed by atoms with E-state index < -0.39 is 11.6 Å². The third-order valence-electron chi connectivity index (χ3n) is 2.37. The summed E-state index contributed by atoms with van der Waals surface area (Å²) in [6.07, 6.45) is 0.799. The fourth-order valence-electron chi connectivity index (χ4n) is 1.47. The van der Waals surface area contributed by atoms with Gasteiger partial charge in [0.1, 0.15) is 11.6 Å². The van der Waals surface area contributed by atoms with Crippen LogP contribution in [0.1, 0.15) is 18.9 Å². The lowest BCUT2D eigenvalue weighted by Gasteiger charge is -2.12. The molecule has 1 aromatic carbocycles. The van der Waals surface area contributed by atoms with E-state index in [1.165, 1.54) is 18.2 Å². The van der Waals surface area contributed by atoms with E-state index in [1.807, 2.05) is 6.92 Å². The van der Waals surface area contributed by atoms with Gasteiger partial charge in [0.2, 0.25) is 0 Å². The second-order valence-corrected chi connectivity index (χ2v) is 3.65. The number of ether oxygens (including phenoxy) is 1. The molecular weight excluding hydrogens is 212 g/mol. The highest BCUT2D eigenvalue weighted by atomic mass is 19.1. The minimum Gasteiger partial charge on any atom is -0.382 e. The van der Waals surface area contributed by atoms with Crippen molar-refractivity contribution in [1.82, 2.24) is 0 Å². The van der Waals surface area contributed by atoms with Gasteiger partial charge >= 0.3 is 0 Å². The van der Waals surface area contributed by atoms with Gasteiger partial charge in [0, 0.05) is 24.8 Å². The first-order valence-corrected chi connectivity index (χ1v) is 5.41. The molecule has 0 aromatic heterocycles. The molecule has 0 radical (unpaired) electrons. The van der Waals surface area contributed by atoms with Gasteiger partial charge < -0.3 is 10.5 Å². The smallest absolute Gasteiger partial charge is 0.129 e. The average molecular weight is 229 g/mol. The maximum Gasteiger partial charge on any atom is 0.129 e. The SMILES string of the molecule is CCOCCC(N)Cc1c(F)cccc1F. The van der Waals surface area contributed by atoms with Crippen molar-refractivity contribution in [2.45, 2.75) is 25.8 Å². The van der Waals surface area contributed by atoms with E-state index >= 15 is 0 Å². The summed E-state index contributed by atoms with van der Waals surface area (Å²) in [6, 6.07) is 3.55. The van der Waals surface area contributed by atoms with E-state index in [0.717, 1.165) is 0 Å². The molecule has 0 heterocycles. The number of halogens is 2. The van der Waals surface area contributed by atoms with Crippen molar-refractivity contribution in [3.63, 3.8) is 0 Å². The van der Waals surface area contributed by atoms with Crippen LogP contribution in [0.5, 0.6) is 0 Å². The Kier molecular flexibility index (Phi) is 5.35. The van der Waals surface area contributed by atoms with Crippen LogP contribution in [0.3, 0.4) is 0 Å². The first-order chi connectivity index (χ1) is 7.65. The summed E-state index contributed by atoms with van der Waals surface area (Å²) in [6.45, 7) is 3.04. The van der Waals surface area contributed by atoms with E-state index in [4.69, 9.17) is 10.5 Å². The second kappa shape index (κ2) is 6.55. The summed E-state index contributed by atoms with van der Waals surface area (Å²) in [5.41, 5.74) is 5.83. The lowest BCUT2D eigenvalue weighted by atomic mass is 10.0. The maximum absolute atomic E-state index is 13.3. The molecule has 0 aliphatic rings. The van der Waals surface area contributed by atoms with E-state index in [-0.39, 0.29) is 18.0 Å². The Morgan fingerprint density at radius 3 is 2.50 bits per heavy atom. The van der Waals surface area contributed by atoms with E-state index in [1.54, 1.807) is 0 Å². The predicted octanol–water partition coefficient (Wildman–Crippen LogP) is 2.26. The highest BCUT2D eigenvalue weighted by molar-refractivity contribution is 5.20. The summed E-state index contributed by atoms with van der Waals surface area (Å²) in [5, 5.41) is 0. The van der Waals surface area contributed by atoms with Crippen LogP contribution in [0.25, 0.3) is 0 Å². The van der Waals surface area contributed by atoms with Crippen LogP contribution < -0.4 is 5.73 Å². The molecule has 1 unspecified atom stereocenters. The molecular formula is C12H17F2NO. The van der Waals surface area contributed by atoms with Gasteiger partial charge in [-0.25, -0.2) is 8.78 Å². The van der Waals surface area contributed by atoms with Crippen LogP contribution in [0.15, 0.2) is 18.2 Å². The van der Waals surface area contributed by atoms with Gasteiger partial charge in [0.05, 0.1) is 0 Å². The highest BCUT2D eigenvalue weighted by Crippen LogP contribution is 2.14. The van der Waals surface area contributed by atoms with Crippen LogP contribution in [0, 0.1) is 11.6 Å². The van der Waals surface area contributed by atoms with Gasteiger partial charge in [-0.05, 0) is 31.9 Å². The van der Waals surface area contributed by atoms with E-state index in [0.29, 0.717) is 19.6 Å². The lowest BCUT2D eigenvalue weighted by Crippen LogP contribution is -2.25. The fourth-order valence-corrected chi connectivity index (χ4v) is 1.47. The molecule has 1 aromatic rings.